The molecule has 0 heterocycles. The Hall–Kier alpha value is -2.86. The Bertz CT molecular complexity index is 662. The van der Waals surface area contributed by atoms with E-state index in [9.17, 15) is 9.59 Å². The number of nitrogens with zero attached hydrogens (tertiary/aromatic N) is 1. The van der Waals surface area contributed by atoms with Crippen molar-refractivity contribution in [2.75, 3.05) is 31.7 Å². The van der Waals surface area contributed by atoms with Crippen LogP contribution in [-0.2, 0) is 16.1 Å². The second-order valence-corrected chi connectivity index (χ2v) is 5.40. The number of nitrogens with one attached hydrogen (secondary N) is 2. The molecule has 2 aromatic rings. The molecule has 2 N–H and O–H groups in total. The lowest BCUT2D eigenvalue weighted by Crippen LogP contribution is -2.44. The molecule has 6 nitrogen and oxygen atoms in total. The van der Waals surface area contributed by atoms with Crippen molar-refractivity contribution in [2.45, 2.75) is 6.54 Å². The van der Waals surface area contributed by atoms with Gasteiger partial charge in [0.15, 0.2) is 0 Å². The van der Waals surface area contributed by atoms with Crippen molar-refractivity contribution in [3.05, 3.63) is 66.2 Å². The smallest absolute Gasteiger partial charge is 0.315 e. The van der Waals surface area contributed by atoms with Gasteiger partial charge >= 0.3 is 6.03 Å². The van der Waals surface area contributed by atoms with Crippen LogP contribution in [0.2, 0.25) is 0 Å². The van der Waals surface area contributed by atoms with Gasteiger partial charge in [0.1, 0.15) is 0 Å². The highest BCUT2D eigenvalue weighted by Crippen LogP contribution is 2.16. The van der Waals surface area contributed by atoms with Gasteiger partial charge in [-0.15, -0.1) is 0 Å². The van der Waals surface area contributed by atoms with E-state index in [1.165, 1.54) is 0 Å². The largest absolute Gasteiger partial charge is 0.383 e. The van der Waals surface area contributed by atoms with E-state index in [-0.39, 0.29) is 12.5 Å². The Balaban J connectivity index is 2.00. The van der Waals surface area contributed by atoms with Gasteiger partial charge in [-0.1, -0.05) is 48.5 Å². The van der Waals surface area contributed by atoms with Crippen LogP contribution in [0.25, 0.3) is 0 Å². The van der Waals surface area contributed by atoms with Crippen molar-refractivity contribution in [3.8, 4) is 0 Å². The van der Waals surface area contributed by atoms with Gasteiger partial charge in [-0.2, -0.15) is 0 Å². The first-order chi connectivity index (χ1) is 12.2. The van der Waals surface area contributed by atoms with E-state index < -0.39 is 6.03 Å². The zero-order valence-corrected chi connectivity index (χ0v) is 14.3. The number of methoxy groups -OCH3 is 1. The predicted molar refractivity (Wildman–Crippen MR) is 97.4 cm³/mol. The number of carbonyl (C=O) groups is 2. The maximum atomic E-state index is 12.6. The normalized spacial score (nSPS) is 10.1. The monoisotopic (exact) mass is 341 g/mol. The fourth-order valence-corrected chi connectivity index (χ4v) is 2.28. The summed E-state index contributed by atoms with van der Waals surface area (Å²) < 4.78 is 4.86. The number of carbonyl (C=O) groups excluding carboxylic acids is 2. The van der Waals surface area contributed by atoms with E-state index in [2.05, 4.69) is 10.6 Å². The number of benzene rings is 2. The third kappa shape index (κ3) is 6.27. The number of hydrogen-bond acceptors (Lipinski definition) is 3. The molecule has 0 aliphatic heterocycles. The van der Waals surface area contributed by atoms with Gasteiger partial charge in [0.05, 0.1) is 19.7 Å². The molecule has 0 radical (unpaired) electrons. The van der Waals surface area contributed by atoms with Crippen LogP contribution in [0.15, 0.2) is 60.7 Å². The van der Waals surface area contributed by atoms with Gasteiger partial charge in [0.2, 0.25) is 5.91 Å². The molecule has 0 saturated carbocycles. The molecule has 0 atom stereocenters. The lowest BCUT2D eigenvalue weighted by atomic mass is 10.2. The number of hydrogen-bond donors (Lipinski definition) is 2. The molecule has 3 amide bonds. The molecule has 0 aliphatic carbocycles. The van der Waals surface area contributed by atoms with Crippen molar-refractivity contribution in [2.24, 2.45) is 0 Å². The summed E-state index contributed by atoms with van der Waals surface area (Å²) in [6, 6.07) is 18.8. The minimum absolute atomic E-state index is 0.0828. The molecule has 0 saturated heterocycles. The minimum Gasteiger partial charge on any atom is -0.383 e. The zero-order chi connectivity index (χ0) is 17.9. The number of urea groups is 1. The number of para-hydroxylation sites is 1. The van der Waals surface area contributed by atoms with Crippen LogP contribution in [-0.4, -0.2) is 38.7 Å². The van der Waals surface area contributed by atoms with Gasteiger partial charge in [0.25, 0.3) is 0 Å². The Kier molecular flexibility index (Phi) is 7.46. The maximum Gasteiger partial charge on any atom is 0.315 e. The first-order valence-corrected chi connectivity index (χ1v) is 8.10. The molecule has 0 aliphatic rings. The van der Waals surface area contributed by atoms with Crippen LogP contribution < -0.4 is 15.5 Å². The SMILES string of the molecule is COCCNC(=O)NCC(=O)N(Cc1ccccc1)c1ccccc1. The molecule has 0 unspecified atom stereocenters. The summed E-state index contributed by atoms with van der Waals surface area (Å²) in [6.45, 7) is 1.17. The van der Waals surface area contributed by atoms with Crippen LogP contribution in [0.3, 0.4) is 0 Å². The lowest BCUT2D eigenvalue weighted by Gasteiger charge is -2.23. The first kappa shape index (κ1) is 18.5. The lowest BCUT2D eigenvalue weighted by molar-refractivity contribution is -0.117. The van der Waals surface area contributed by atoms with Crippen molar-refractivity contribution >= 4 is 17.6 Å². The quantitative estimate of drug-likeness (QED) is 0.723. The summed E-state index contributed by atoms with van der Waals surface area (Å²) in [5.41, 5.74) is 1.81. The third-order valence-electron chi connectivity index (χ3n) is 3.54. The predicted octanol–water partition coefficient (Wildman–Crippen LogP) is 2.17. The highest BCUT2D eigenvalue weighted by atomic mass is 16.5. The molecule has 2 rings (SSSR count). The molecule has 132 valence electrons. The molecule has 0 aromatic heterocycles. The van der Waals surface area contributed by atoms with E-state index in [4.69, 9.17) is 4.74 Å². The summed E-state index contributed by atoms with van der Waals surface area (Å²) in [6.07, 6.45) is 0. The molecule has 2 aromatic carbocycles. The number of amides is 3. The van der Waals surface area contributed by atoms with Gasteiger partial charge in [-0.3, -0.25) is 4.79 Å². The Morgan fingerprint density at radius 1 is 0.960 bits per heavy atom. The average Bonchev–Trinajstić information content (AvgIpc) is 2.66. The maximum absolute atomic E-state index is 12.6. The molecule has 25 heavy (non-hydrogen) atoms. The van der Waals surface area contributed by atoms with Crippen LogP contribution >= 0.6 is 0 Å². The molecule has 0 fully saturated rings. The topological polar surface area (TPSA) is 70.7 Å². The summed E-state index contributed by atoms with van der Waals surface area (Å²) in [5.74, 6) is -0.183. The zero-order valence-electron chi connectivity index (χ0n) is 14.3. The second-order valence-electron chi connectivity index (χ2n) is 5.40. The van der Waals surface area contributed by atoms with Gasteiger partial charge in [-0.25, -0.2) is 4.79 Å². The van der Waals surface area contributed by atoms with E-state index in [0.29, 0.717) is 19.7 Å². The van der Waals surface area contributed by atoms with E-state index in [0.717, 1.165) is 11.3 Å². The number of ether oxygens (including phenoxy) is 1. The fourth-order valence-electron chi connectivity index (χ4n) is 2.28. The fraction of sp³-hybridized carbons (Fsp3) is 0.263. The Labute approximate surface area is 147 Å². The standard InChI is InChI=1S/C19H23N3O3/c1-25-13-12-20-19(24)21-14-18(23)22(17-10-6-3-7-11-17)15-16-8-4-2-5-9-16/h2-11H,12-15H2,1H3,(H2,20,21,24). The number of rotatable bonds is 8. The summed E-state index contributed by atoms with van der Waals surface area (Å²) in [4.78, 5) is 26.0. The highest BCUT2D eigenvalue weighted by Gasteiger charge is 2.16. The van der Waals surface area contributed by atoms with Gasteiger partial charge in [0, 0.05) is 19.3 Å². The average molecular weight is 341 g/mol. The molecule has 0 bridgehead atoms. The van der Waals surface area contributed by atoms with Crippen molar-refractivity contribution in [1.29, 1.82) is 0 Å². The Morgan fingerprint density at radius 2 is 1.60 bits per heavy atom. The van der Waals surface area contributed by atoms with Crippen molar-refractivity contribution < 1.29 is 14.3 Å². The molecule has 6 heteroatoms. The Morgan fingerprint density at radius 3 is 2.24 bits per heavy atom. The van der Waals surface area contributed by atoms with E-state index in [1.54, 1.807) is 12.0 Å². The van der Waals surface area contributed by atoms with Gasteiger partial charge in [-0.05, 0) is 17.7 Å². The van der Waals surface area contributed by atoms with E-state index >= 15 is 0 Å². The second kappa shape index (κ2) is 10.1. The van der Waals surface area contributed by atoms with Crippen LogP contribution in [0, 0.1) is 0 Å². The summed E-state index contributed by atoms with van der Waals surface area (Å²) in [7, 11) is 1.56. The molecular weight excluding hydrogens is 318 g/mol. The highest BCUT2D eigenvalue weighted by molar-refractivity contribution is 5.96. The summed E-state index contributed by atoms with van der Waals surface area (Å²) >= 11 is 0. The van der Waals surface area contributed by atoms with Gasteiger partial charge < -0.3 is 20.3 Å². The third-order valence-corrected chi connectivity index (χ3v) is 3.54. The summed E-state index contributed by atoms with van der Waals surface area (Å²) in [5, 5.41) is 5.20. The number of anilines is 1. The molecular formula is C19H23N3O3. The van der Waals surface area contributed by atoms with E-state index in [1.807, 2.05) is 60.7 Å². The first-order valence-electron chi connectivity index (χ1n) is 8.10. The van der Waals surface area contributed by atoms with Crippen molar-refractivity contribution in [1.82, 2.24) is 10.6 Å². The molecule has 0 spiro atoms. The van der Waals surface area contributed by atoms with Crippen LogP contribution in [0.1, 0.15) is 5.56 Å². The van der Waals surface area contributed by atoms with Crippen LogP contribution in [0.4, 0.5) is 10.5 Å². The minimum atomic E-state index is -0.391. The van der Waals surface area contributed by atoms with Crippen LogP contribution in [0.5, 0.6) is 0 Å². The van der Waals surface area contributed by atoms with Crippen molar-refractivity contribution in [3.63, 3.8) is 0 Å².